The fraction of sp³-hybridized carbons (Fsp3) is 0.800. The van der Waals surface area contributed by atoms with Gasteiger partial charge in [0.25, 0.3) is 0 Å². The van der Waals surface area contributed by atoms with Gasteiger partial charge < -0.3 is 5.32 Å². The van der Waals surface area contributed by atoms with Crippen LogP contribution in [0, 0.1) is 5.92 Å². The maximum absolute atomic E-state index is 11.8. The lowest BCUT2D eigenvalue weighted by molar-refractivity contribution is -0.120. The molecule has 0 saturated carbocycles. The SMILES string of the molecule is C=CCCC(=O)CC1CC(C)(C)NC(C)(C)C1. The number of carbonyl (C=O) groups is 1. The highest BCUT2D eigenvalue weighted by atomic mass is 16.1. The Kier molecular flexibility index (Phi) is 4.54. The van der Waals surface area contributed by atoms with Crippen LogP contribution in [0.15, 0.2) is 12.7 Å². The average molecular weight is 237 g/mol. The molecule has 0 spiro atoms. The largest absolute Gasteiger partial charge is 0.307 e. The predicted molar refractivity (Wildman–Crippen MR) is 73.1 cm³/mol. The number of carbonyl (C=O) groups excluding carboxylic acids is 1. The van der Waals surface area contributed by atoms with Crippen LogP contribution in [0.3, 0.4) is 0 Å². The molecule has 1 aliphatic rings. The minimum atomic E-state index is 0.144. The molecule has 0 radical (unpaired) electrons. The Labute approximate surface area is 106 Å². The van der Waals surface area contributed by atoms with Crippen LogP contribution in [0.1, 0.15) is 59.8 Å². The number of nitrogens with one attached hydrogen (secondary N) is 1. The summed E-state index contributed by atoms with van der Waals surface area (Å²) in [5.74, 6) is 0.918. The molecule has 1 N–H and O–H groups in total. The van der Waals surface area contributed by atoms with E-state index in [0.29, 0.717) is 18.1 Å². The van der Waals surface area contributed by atoms with E-state index in [4.69, 9.17) is 0 Å². The second-order valence-corrected chi connectivity index (χ2v) is 6.74. The minimum absolute atomic E-state index is 0.144. The molecule has 1 saturated heterocycles. The van der Waals surface area contributed by atoms with Gasteiger partial charge in [-0.1, -0.05) is 6.08 Å². The first-order chi connectivity index (χ1) is 7.74. The molecule has 1 rings (SSSR count). The fourth-order valence-electron chi connectivity index (χ4n) is 3.37. The van der Waals surface area contributed by atoms with Crippen molar-refractivity contribution in [2.75, 3.05) is 0 Å². The molecule has 2 heteroatoms. The molecule has 0 aromatic heterocycles. The third-order valence-electron chi connectivity index (χ3n) is 3.42. The van der Waals surface area contributed by atoms with Gasteiger partial charge in [0.15, 0.2) is 0 Å². The molecule has 0 amide bonds. The number of hydrogen-bond acceptors (Lipinski definition) is 2. The van der Waals surface area contributed by atoms with Crippen LogP contribution in [-0.2, 0) is 4.79 Å². The van der Waals surface area contributed by atoms with Crippen LogP contribution in [0.4, 0.5) is 0 Å². The number of rotatable bonds is 5. The number of Topliss-reactive ketones (excluding diaryl/α,β-unsaturated/α-hetero) is 1. The summed E-state index contributed by atoms with van der Waals surface area (Å²) in [6.45, 7) is 12.6. The van der Waals surface area contributed by atoms with E-state index >= 15 is 0 Å². The van der Waals surface area contributed by atoms with Crippen LogP contribution in [-0.4, -0.2) is 16.9 Å². The van der Waals surface area contributed by atoms with E-state index < -0.39 is 0 Å². The van der Waals surface area contributed by atoms with Crippen molar-refractivity contribution in [1.82, 2.24) is 5.32 Å². The van der Waals surface area contributed by atoms with Crippen LogP contribution >= 0.6 is 0 Å². The van der Waals surface area contributed by atoms with Gasteiger partial charge in [-0.05, 0) is 52.9 Å². The smallest absolute Gasteiger partial charge is 0.133 e. The van der Waals surface area contributed by atoms with Crippen molar-refractivity contribution in [3.8, 4) is 0 Å². The van der Waals surface area contributed by atoms with Crippen LogP contribution in [0.2, 0.25) is 0 Å². The third kappa shape index (κ3) is 5.03. The maximum Gasteiger partial charge on any atom is 0.133 e. The van der Waals surface area contributed by atoms with Gasteiger partial charge >= 0.3 is 0 Å². The molecule has 1 aliphatic heterocycles. The molecule has 2 nitrogen and oxygen atoms in total. The van der Waals surface area contributed by atoms with Gasteiger partial charge in [0.1, 0.15) is 5.78 Å². The first kappa shape index (κ1) is 14.4. The van der Waals surface area contributed by atoms with Gasteiger partial charge in [-0.3, -0.25) is 4.79 Å². The lowest BCUT2D eigenvalue weighted by Gasteiger charge is -2.46. The number of hydrogen-bond donors (Lipinski definition) is 1. The summed E-state index contributed by atoms with van der Waals surface area (Å²) < 4.78 is 0. The summed E-state index contributed by atoms with van der Waals surface area (Å²) in [5.41, 5.74) is 0.288. The van der Waals surface area contributed by atoms with Crippen molar-refractivity contribution in [2.24, 2.45) is 5.92 Å². The molecule has 1 heterocycles. The van der Waals surface area contributed by atoms with Crippen molar-refractivity contribution in [1.29, 1.82) is 0 Å². The van der Waals surface area contributed by atoms with Crippen molar-refractivity contribution in [3.63, 3.8) is 0 Å². The summed E-state index contributed by atoms with van der Waals surface area (Å²) in [6.07, 6.45) is 6.23. The summed E-state index contributed by atoms with van der Waals surface area (Å²) in [4.78, 5) is 11.8. The normalized spacial score (nSPS) is 23.3. The molecule has 17 heavy (non-hydrogen) atoms. The Morgan fingerprint density at radius 3 is 2.29 bits per heavy atom. The van der Waals surface area contributed by atoms with E-state index in [0.717, 1.165) is 25.7 Å². The first-order valence-electron chi connectivity index (χ1n) is 6.66. The Balaban J connectivity index is 2.53. The molecule has 0 unspecified atom stereocenters. The number of allylic oxidation sites excluding steroid dienone is 1. The number of piperidine rings is 1. The second-order valence-electron chi connectivity index (χ2n) is 6.74. The Hall–Kier alpha value is -0.630. The molecule has 0 atom stereocenters. The predicted octanol–water partition coefficient (Wildman–Crippen LogP) is 3.47. The molecular formula is C15H27NO. The quantitative estimate of drug-likeness (QED) is 0.742. The molecule has 1 fully saturated rings. The van der Waals surface area contributed by atoms with Gasteiger partial charge in [0.2, 0.25) is 0 Å². The fourth-order valence-corrected chi connectivity index (χ4v) is 3.37. The van der Waals surface area contributed by atoms with Gasteiger partial charge in [-0.2, -0.15) is 0 Å². The highest BCUT2D eigenvalue weighted by molar-refractivity contribution is 5.78. The van der Waals surface area contributed by atoms with Gasteiger partial charge in [0, 0.05) is 23.9 Å². The average Bonchev–Trinajstić information content (AvgIpc) is 2.09. The van der Waals surface area contributed by atoms with E-state index in [-0.39, 0.29) is 11.1 Å². The minimum Gasteiger partial charge on any atom is -0.307 e. The van der Waals surface area contributed by atoms with Gasteiger partial charge in [-0.25, -0.2) is 0 Å². The van der Waals surface area contributed by atoms with E-state index in [1.54, 1.807) is 0 Å². The van der Waals surface area contributed by atoms with Crippen molar-refractivity contribution < 1.29 is 4.79 Å². The lowest BCUT2D eigenvalue weighted by atomic mass is 9.74. The molecule has 0 aliphatic carbocycles. The lowest BCUT2D eigenvalue weighted by Crippen LogP contribution is -2.57. The topological polar surface area (TPSA) is 29.1 Å². The summed E-state index contributed by atoms with van der Waals surface area (Å²) in [6, 6.07) is 0. The molecule has 0 aromatic rings. The van der Waals surface area contributed by atoms with E-state index in [1.807, 2.05) is 6.08 Å². The second kappa shape index (κ2) is 5.34. The first-order valence-corrected chi connectivity index (χ1v) is 6.66. The molecule has 0 bridgehead atoms. The summed E-state index contributed by atoms with van der Waals surface area (Å²) in [5, 5.41) is 3.65. The summed E-state index contributed by atoms with van der Waals surface area (Å²) in [7, 11) is 0. The van der Waals surface area contributed by atoms with E-state index in [9.17, 15) is 4.79 Å². The zero-order valence-corrected chi connectivity index (χ0v) is 11.8. The zero-order valence-electron chi connectivity index (χ0n) is 11.8. The highest BCUT2D eigenvalue weighted by Crippen LogP contribution is 2.34. The van der Waals surface area contributed by atoms with Crippen LogP contribution in [0.5, 0.6) is 0 Å². The zero-order chi connectivity index (χ0) is 13.1. The Morgan fingerprint density at radius 1 is 1.29 bits per heavy atom. The maximum atomic E-state index is 11.8. The Bertz CT molecular complexity index is 275. The molecule has 98 valence electrons. The molecule has 0 aromatic carbocycles. The third-order valence-corrected chi connectivity index (χ3v) is 3.42. The Morgan fingerprint density at radius 2 is 1.82 bits per heavy atom. The van der Waals surface area contributed by atoms with Gasteiger partial charge in [-0.15, -0.1) is 6.58 Å². The van der Waals surface area contributed by atoms with Crippen LogP contribution in [0.25, 0.3) is 0 Å². The van der Waals surface area contributed by atoms with Crippen molar-refractivity contribution in [3.05, 3.63) is 12.7 Å². The van der Waals surface area contributed by atoms with Crippen LogP contribution < -0.4 is 5.32 Å². The van der Waals surface area contributed by atoms with E-state index in [1.165, 1.54) is 0 Å². The highest BCUT2D eigenvalue weighted by Gasteiger charge is 2.37. The van der Waals surface area contributed by atoms with Crippen molar-refractivity contribution in [2.45, 2.75) is 70.9 Å². The molecular weight excluding hydrogens is 210 g/mol. The standard InChI is InChI=1S/C15H27NO/c1-6-7-8-13(17)9-12-10-14(2,3)16-15(4,5)11-12/h6,12,16H,1,7-11H2,2-5H3. The van der Waals surface area contributed by atoms with Crippen molar-refractivity contribution >= 4 is 5.78 Å². The summed E-state index contributed by atoms with van der Waals surface area (Å²) >= 11 is 0. The number of ketones is 1. The monoisotopic (exact) mass is 237 g/mol. The van der Waals surface area contributed by atoms with Gasteiger partial charge in [0.05, 0.1) is 0 Å². The van der Waals surface area contributed by atoms with E-state index in [2.05, 4.69) is 39.6 Å².